The molecule has 16 nitrogen and oxygen atoms in total. The summed E-state index contributed by atoms with van der Waals surface area (Å²) in [5.41, 5.74) is -2.32. The van der Waals surface area contributed by atoms with Gasteiger partial charge in [-0.1, -0.05) is 5.57 Å². The Kier molecular flexibility index (Phi) is 8.62. The summed E-state index contributed by atoms with van der Waals surface area (Å²) in [5, 5.41) is 10.4. The molecule has 0 amide bonds. The predicted molar refractivity (Wildman–Crippen MR) is 109 cm³/mol. The van der Waals surface area contributed by atoms with E-state index < -0.39 is 59.3 Å². The number of rotatable bonds is 11. The molecule has 2 unspecified atom stereocenters. The van der Waals surface area contributed by atoms with Crippen molar-refractivity contribution in [2.75, 3.05) is 6.61 Å². The summed E-state index contributed by atoms with van der Waals surface area (Å²) in [4.78, 5) is 61.6. The molecule has 0 spiro atoms. The molecule has 0 radical (unpaired) electrons. The van der Waals surface area contributed by atoms with Crippen LogP contribution in [0, 0.1) is 0 Å². The fourth-order valence-corrected chi connectivity index (χ4v) is 6.10. The molecule has 1 fully saturated rings. The Morgan fingerprint density at radius 3 is 2.42 bits per heavy atom. The lowest BCUT2D eigenvalue weighted by atomic mass is 9.98. The Bertz CT molecular complexity index is 1140. The highest BCUT2D eigenvalue weighted by molar-refractivity contribution is 7.66. The second-order valence-electron chi connectivity index (χ2n) is 7.20. The van der Waals surface area contributed by atoms with Crippen molar-refractivity contribution in [1.82, 2.24) is 9.55 Å². The first kappa shape index (κ1) is 28.0. The number of phosphoric ester groups is 1. The molecule has 6 N–H and O–H groups in total. The van der Waals surface area contributed by atoms with Crippen molar-refractivity contribution < 1.29 is 56.3 Å². The van der Waals surface area contributed by atoms with Gasteiger partial charge in [0.1, 0.15) is 6.10 Å². The number of hydrogen-bond donors (Lipinski definition) is 6. The minimum atomic E-state index is -5.71. The molecule has 1 aromatic rings. The van der Waals surface area contributed by atoms with Crippen molar-refractivity contribution in [3.8, 4) is 0 Å². The Hall–Kier alpha value is -1.25. The van der Waals surface area contributed by atoms with E-state index in [-0.39, 0.29) is 12.8 Å². The molecular formula is C14H23N2O14P3. The van der Waals surface area contributed by atoms with E-state index in [0.717, 1.165) is 16.8 Å². The number of H-pyrrole nitrogens is 1. The Morgan fingerprint density at radius 1 is 1.24 bits per heavy atom. The van der Waals surface area contributed by atoms with Crippen LogP contribution in [0.2, 0.25) is 0 Å². The molecule has 1 aliphatic heterocycles. The second kappa shape index (κ2) is 10.2. The zero-order chi connectivity index (χ0) is 25.2. The lowest BCUT2D eigenvalue weighted by Crippen LogP contribution is -2.44. The standard InChI is InChI=1S/C14H23N2O14P3/c1-9(2)3-5-14(16-6-4-12(18)15-13(16)19)7-10(17)11(28-14)8-27-32(23,24)30-33(25,26)29-31(20,21)22/h4,6,10-11,17H,1,3,5,7-8H2,2H3,(H,23,24)(H,25,26)(H,15,18,19)(H2,20,21,22)/t10-,11+,14+/m0/s1. The minimum Gasteiger partial charge on any atom is -0.390 e. The van der Waals surface area contributed by atoms with E-state index in [1.54, 1.807) is 6.92 Å². The van der Waals surface area contributed by atoms with Crippen LogP contribution in [-0.2, 0) is 37.3 Å². The third-order valence-electron chi connectivity index (χ3n) is 4.35. The molecule has 0 bridgehead atoms. The highest BCUT2D eigenvalue weighted by Crippen LogP contribution is 2.66. The largest absolute Gasteiger partial charge is 0.490 e. The van der Waals surface area contributed by atoms with Crippen molar-refractivity contribution in [2.45, 2.75) is 44.1 Å². The van der Waals surface area contributed by atoms with E-state index in [1.165, 1.54) is 0 Å². The van der Waals surface area contributed by atoms with Crippen LogP contribution in [0.1, 0.15) is 26.2 Å². The third-order valence-corrected chi connectivity index (χ3v) is 8.15. The molecule has 0 saturated carbocycles. The van der Waals surface area contributed by atoms with E-state index in [0.29, 0.717) is 12.0 Å². The van der Waals surface area contributed by atoms with Crippen LogP contribution in [0.5, 0.6) is 0 Å². The van der Waals surface area contributed by atoms with Crippen molar-refractivity contribution in [3.05, 3.63) is 45.3 Å². The van der Waals surface area contributed by atoms with E-state index in [1.807, 2.05) is 0 Å². The van der Waals surface area contributed by atoms with Crippen LogP contribution in [0.25, 0.3) is 0 Å². The van der Waals surface area contributed by atoms with Crippen molar-refractivity contribution in [2.24, 2.45) is 0 Å². The lowest BCUT2D eigenvalue weighted by Gasteiger charge is -2.31. The average molecular weight is 536 g/mol. The van der Waals surface area contributed by atoms with Gasteiger partial charge in [0.25, 0.3) is 5.56 Å². The third kappa shape index (κ3) is 8.18. The number of hydrogen-bond acceptors (Lipinski definition) is 10. The Labute approximate surface area is 185 Å². The van der Waals surface area contributed by atoms with Gasteiger partial charge < -0.3 is 29.4 Å². The number of aliphatic hydroxyl groups excluding tert-OH is 1. The molecule has 2 rings (SSSR count). The van der Waals surface area contributed by atoms with Crippen molar-refractivity contribution >= 4 is 23.5 Å². The number of phosphoric acid groups is 3. The first-order valence-electron chi connectivity index (χ1n) is 9.05. The van der Waals surface area contributed by atoms with Crippen LogP contribution in [-0.4, -0.2) is 53.0 Å². The number of nitrogens with zero attached hydrogens (tertiary/aromatic N) is 1. The number of allylic oxidation sites excluding steroid dienone is 1. The Balaban J connectivity index is 2.20. The summed E-state index contributed by atoms with van der Waals surface area (Å²) in [6.45, 7) is 4.56. The molecule has 1 saturated heterocycles. The zero-order valence-corrected chi connectivity index (χ0v) is 19.7. The number of aromatic nitrogens is 2. The lowest BCUT2D eigenvalue weighted by molar-refractivity contribution is -0.122. The van der Waals surface area contributed by atoms with Gasteiger partial charge in [-0.05, 0) is 19.8 Å². The van der Waals surface area contributed by atoms with Gasteiger partial charge in [0.2, 0.25) is 0 Å². The summed E-state index contributed by atoms with van der Waals surface area (Å²) in [7, 11) is -16.7. The Morgan fingerprint density at radius 2 is 1.88 bits per heavy atom. The number of aliphatic hydroxyl groups is 1. The van der Waals surface area contributed by atoms with Crippen LogP contribution in [0.15, 0.2) is 34.0 Å². The molecule has 0 aliphatic carbocycles. The number of ether oxygens (including phenoxy) is 1. The summed E-state index contributed by atoms with van der Waals surface area (Å²) >= 11 is 0. The van der Waals surface area contributed by atoms with Gasteiger partial charge in [0, 0.05) is 18.7 Å². The maximum Gasteiger partial charge on any atom is 0.490 e. The predicted octanol–water partition coefficient (Wildman–Crippen LogP) is 0.0388. The highest BCUT2D eigenvalue weighted by atomic mass is 31.3. The minimum absolute atomic E-state index is 0.108. The van der Waals surface area contributed by atoms with Crippen molar-refractivity contribution in [1.29, 1.82) is 0 Å². The van der Waals surface area contributed by atoms with E-state index >= 15 is 0 Å². The van der Waals surface area contributed by atoms with E-state index in [2.05, 4.69) is 24.7 Å². The van der Waals surface area contributed by atoms with Gasteiger partial charge >= 0.3 is 29.2 Å². The molecule has 33 heavy (non-hydrogen) atoms. The van der Waals surface area contributed by atoms with E-state index in [4.69, 9.17) is 14.5 Å². The number of nitrogens with one attached hydrogen (secondary N) is 1. The fraction of sp³-hybridized carbons (Fsp3) is 0.571. The maximum absolute atomic E-state index is 12.3. The summed E-state index contributed by atoms with van der Waals surface area (Å²) < 4.78 is 52.5. The SMILES string of the molecule is C=C(C)CC[C@]1(n2ccc(=O)[nH]c2=O)C[C@H](O)[C@@H](COP(=O)(O)OP(=O)(O)OP(=O)(O)O)O1. The number of aromatic amines is 1. The van der Waals surface area contributed by atoms with Crippen LogP contribution < -0.4 is 11.2 Å². The second-order valence-corrected chi connectivity index (χ2v) is 11.6. The van der Waals surface area contributed by atoms with E-state index in [9.17, 15) is 38.2 Å². The molecule has 1 aliphatic rings. The van der Waals surface area contributed by atoms with Crippen LogP contribution in [0.3, 0.4) is 0 Å². The van der Waals surface area contributed by atoms with Crippen LogP contribution >= 0.6 is 23.5 Å². The van der Waals surface area contributed by atoms with Crippen molar-refractivity contribution in [3.63, 3.8) is 0 Å². The molecule has 0 aromatic carbocycles. The summed E-state index contributed by atoms with van der Waals surface area (Å²) in [6.07, 6.45) is -1.36. The zero-order valence-electron chi connectivity index (χ0n) is 17.0. The molecule has 5 atom stereocenters. The van der Waals surface area contributed by atoms with Crippen LogP contribution in [0.4, 0.5) is 0 Å². The first-order chi connectivity index (χ1) is 14.9. The molecule has 1 aromatic heterocycles. The van der Waals surface area contributed by atoms with Gasteiger partial charge in [-0.25, -0.2) is 18.5 Å². The quantitative estimate of drug-likeness (QED) is 0.162. The fourth-order valence-electron chi connectivity index (χ4n) is 3.07. The van der Waals surface area contributed by atoms with Gasteiger partial charge in [-0.2, -0.15) is 8.62 Å². The maximum atomic E-state index is 12.3. The normalized spacial score (nSPS) is 27.1. The molecule has 2 heterocycles. The summed E-state index contributed by atoms with van der Waals surface area (Å²) in [6, 6.07) is 1.05. The molecule has 188 valence electrons. The smallest absolute Gasteiger partial charge is 0.390 e. The molecular weight excluding hydrogens is 513 g/mol. The summed E-state index contributed by atoms with van der Waals surface area (Å²) in [5.74, 6) is 0. The molecule has 19 heteroatoms. The van der Waals surface area contributed by atoms with Gasteiger partial charge in [0.05, 0.1) is 12.7 Å². The topological polar surface area (TPSA) is 244 Å². The van der Waals surface area contributed by atoms with Gasteiger partial charge in [-0.15, -0.1) is 6.58 Å². The van der Waals surface area contributed by atoms with Gasteiger partial charge in [0.15, 0.2) is 5.72 Å². The highest BCUT2D eigenvalue weighted by Gasteiger charge is 2.49. The average Bonchev–Trinajstić information content (AvgIpc) is 2.92. The monoisotopic (exact) mass is 536 g/mol. The first-order valence-corrected chi connectivity index (χ1v) is 13.6. The van der Waals surface area contributed by atoms with Gasteiger partial charge in [-0.3, -0.25) is 18.9 Å².